The summed E-state index contributed by atoms with van der Waals surface area (Å²) in [6.45, 7) is 2.04. The lowest BCUT2D eigenvalue weighted by molar-refractivity contribution is 0.543. The predicted molar refractivity (Wildman–Crippen MR) is 76.8 cm³/mol. The molecule has 0 amide bonds. The highest BCUT2D eigenvalue weighted by molar-refractivity contribution is 7.89. The number of hydrogen-bond donors (Lipinski definition) is 2. The summed E-state index contributed by atoms with van der Waals surface area (Å²) in [6, 6.07) is 5.75. The van der Waals surface area contributed by atoms with Gasteiger partial charge in [-0.2, -0.15) is 5.10 Å². The zero-order chi connectivity index (χ0) is 16.2. The first kappa shape index (κ1) is 16.2. The molecular weight excluding hydrogens is 314 g/mol. The lowest BCUT2D eigenvalue weighted by Crippen LogP contribution is -2.29. The van der Waals surface area contributed by atoms with Crippen LogP contribution in [0.3, 0.4) is 0 Å². The molecular formula is C13H14F2N4O2S. The second-order valence-corrected chi connectivity index (χ2v) is 6.19. The molecule has 2 N–H and O–H groups in total. The molecule has 0 aliphatic carbocycles. The van der Waals surface area contributed by atoms with E-state index in [2.05, 4.69) is 20.2 Å². The van der Waals surface area contributed by atoms with Gasteiger partial charge in [-0.1, -0.05) is 0 Å². The molecule has 0 unspecified atom stereocenters. The van der Waals surface area contributed by atoms with Gasteiger partial charge in [0.25, 0.3) is 0 Å². The number of benzene rings is 1. The number of aromatic nitrogens is 2. The summed E-state index contributed by atoms with van der Waals surface area (Å²) in [6.07, 6.45) is 0. The molecule has 0 spiro atoms. The third kappa shape index (κ3) is 4.18. The van der Waals surface area contributed by atoms with Crippen LogP contribution in [0.2, 0.25) is 0 Å². The fraction of sp³-hybridized carbons (Fsp3) is 0.231. The van der Waals surface area contributed by atoms with E-state index in [0.717, 1.165) is 17.8 Å². The molecule has 6 nitrogen and oxygen atoms in total. The molecule has 1 aromatic carbocycles. The highest BCUT2D eigenvalue weighted by Crippen LogP contribution is 2.14. The van der Waals surface area contributed by atoms with E-state index in [4.69, 9.17) is 0 Å². The first-order valence-corrected chi connectivity index (χ1v) is 7.86. The Morgan fingerprint density at radius 2 is 1.86 bits per heavy atom. The smallest absolute Gasteiger partial charge is 0.243 e. The van der Waals surface area contributed by atoms with Crippen molar-refractivity contribution in [1.82, 2.24) is 14.9 Å². The van der Waals surface area contributed by atoms with Gasteiger partial charge in [-0.3, -0.25) is 0 Å². The van der Waals surface area contributed by atoms with Gasteiger partial charge in [0.2, 0.25) is 10.0 Å². The first-order chi connectivity index (χ1) is 10.4. The van der Waals surface area contributed by atoms with Crippen molar-refractivity contribution >= 4 is 15.8 Å². The van der Waals surface area contributed by atoms with Crippen molar-refractivity contribution < 1.29 is 17.2 Å². The van der Waals surface area contributed by atoms with Crippen molar-refractivity contribution in [2.75, 3.05) is 18.4 Å². The van der Waals surface area contributed by atoms with Crippen molar-refractivity contribution in [1.29, 1.82) is 0 Å². The van der Waals surface area contributed by atoms with E-state index < -0.39 is 26.6 Å². The van der Waals surface area contributed by atoms with Crippen LogP contribution in [-0.4, -0.2) is 31.7 Å². The minimum absolute atomic E-state index is 0.00864. The fourth-order valence-electron chi connectivity index (χ4n) is 1.64. The first-order valence-electron chi connectivity index (χ1n) is 6.37. The standard InChI is InChI=1S/C13H14F2N4O2S/c1-9-2-5-13(19-18-9)16-6-7-17-22(20,21)12-4-3-10(14)8-11(12)15/h2-5,8,17H,6-7H2,1H3,(H,16,19). The van der Waals surface area contributed by atoms with Crippen LogP contribution in [0.5, 0.6) is 0 Å². The van der Waals surface area contributed by atoms with Gasteiger partial charge in [0.05, 0.1) is 5.69 Å². The van der Waals surface area contributed by atoms with E-state index >= 15 is 0 Å². The van der Waals surface area contributed by atoms with E-state index in [9.17, 15) is 17.2 Å². The summed E-state index contributed by atoms with van der Waals surface area (Å²) in [7, 11) is -4.04. The maximum absolute atomic E-state index is 13.5. The van der Waals surface area contributed by atoms with Gasteiger partial charge in [-0.25, -0.2) is 21.9 Å². The maximum atomic E-state index is 13.5. The Morgan fingerprint density at radius 1 is 1.09 bits per heavy atom. The van der Waals surface area contributed by atoms with E-state index in [1.54, 1.807) is 19.1 Å². The number of nitrogens with one attached hydrogen (secondary N) is 2. The van der Waals surface area contributed by atoms with Gasteiger partial charge in [0.15, 0.2) is 0 Å². The Morgan fingerprint density at radius 3 is 2.50 bits per heavy atom. The van der Waals surface area contributed by atoms with Crippen LogP contribution in [0.4, 0.5) is 14.6 Å². The summed E-state index contributed by atoms with van der Waals surface area (Å²) < 4.78 is 52.2. The molecule has 0 saturated heterocycles. The van der Waals surface area contributed by atoms with Gasteiger partial charge < -0.3 is 5.32 Å². The molecule has 118 valence electrons. The molecule has 0 fully saturated rings. The molecule has 9 heteroatoms. The molecule has 0 aliphatic heterocycles. The van der Waals surface area contributed by atoms with Crippen LogP contribution < -0.4 is 10.0 Å². The highest BCUT2D eigenvalue weighted by Gasteiger charge is 2.18. The Balaban J connectivity index is 1.91. The van der Waals surface area contributed by atoms with E-state index in [1.165, 1.54) is 0 Å². The lowest BCUT2D eigenvalue weighted by Gasteiger charge is -2.09. The number of halogens is 2. The van der Waals surface area contributed by atoms with Crippen LogP contribution in [0, 0.1) is 18.6 Å². The molecule has 22 heavy (non-hydrogen) atoms. The summed E-state index contributed by atoms with van der Waals surface area (Å²) in [5, 5.41) is 10.6. The summed E-state index contributed by atoms with van der Waals surface area (Å²) in [5.74, 6) is -1.47. The Bertz CT molecular complexity index is 751. The third-order valence-electron chi connectivity index (χ3n) is 2.70. The second kappa shape index (κ2) is 6.75. The van der Waals surface area contributed by atoms with Crippen LogP contribution in [0.1, 0.15) is 5.69 Å². The van der Waals surface area contributed by atoms with Crippen LogP contribution in [0.25, 0.3) is 0 Å². The van der Waals surface area contributed by atoms with Crippen LogP contribution in [0.15, 0.2) is 35.2 Å². The molecule has 2 aromatic rings. The number of sulfonamides is 1. The molecule has 0 aliphatic rings. The summed E-state index contributed by atoms with van der Waals surface area (Å²) >= 11 is 0. The average Bonchev–Trinajstić information content (AvgIpc) is 2.45. The molecule has 0 radical (unpaired) electrons. The third-order valence-corrected chi connectivity index (χ3v) is 4.20. The van der Waals surface area contributed by atoms with Gasteiger partial charge in [0.1, 0.15) is 22.3 Å². The zero-order valence-electron chi connectivity index (χ0n) is 11.7. The lowest BCUT2D eigenvalue weighted by atomic mass is 10.3. The van der Waals surface area contributed by atoms with Crippen molar-refractivity contribution in [3.05, 3.63) is 47.7 Å². The number of anilines is 1. The molecule has 1 aromatic heterocycles. The summed E-state index contributed by atoms with van der Waals surface area (Å²) in [5.41, 5.74) is 0.762. The van der Waals surface area contributed by atoms with Gasteiger partial charge >= 0.3 is 0 Å². The minimum atomic E-state index is -4.04. The van der Waals surface area contributed by atoms with Crippen LogP contribution in [-0.2, 0) is 10.0 Å². The van der Waals surface area contributed by atoms with Crippen molar-refractivity contribution in [3.8, 4) is 0 Å². The summed E-state index contributed by atoms with van der Waals surface area (Å²) in [4.78, 5) is -0.593. The monoisotopic (exact) mass is 328 g/mol. The molecule has 0 atom stereocenters. The van der Waals surface area contributed by atoms with E-state index in [-0.39, 0.29) is 13.1 Å². The topological polar surface area (TPSA) is 84.0 Å². The number of hydrogen-bond acceptors (Lipinski definition) is 5. The van der Waals surface area contributed by atoms with Gasteiger partial charge in [0, 0.05) is 19.2 Å². The largest absolute Gasteiger partial charge is 0.367 e. The molecule has 2 rings (SSSR count). The second-order valence-electron chi connectivity index (χ2n) is 4.46. The Labute approximate surface area is 126 Å². The highest BCUT2D eigenvalue weighted by atomic mass is 32.2. The fourth-order valence-corrected chi connectivity index (χ4v) is 2.73. The quantitative estimate of drug-likeness (QED) is 0.784. The van der Waals surface area contributed by atoms with E-state index in [1.807, 2.05) is 0 Å². The molecule has 0 saturated carbocycles. The average molecular weight is 328 g/mol. The molecule has 1 heterocycles. The zero-order valence-corrected chi connectivity index (χ0v) is 12.5. The maximum Gasteiger partial charge on any atom is 0.243 e. The normalized spacial score (nSPS) is 11.4. The van der Waals surface area contributed by atoms with Crippen molar-refractivity contribution in [2.45, 2.75) is 11.8 Å². The van der Waals surface area contributed by atoms with Crippen molar-refractivity contribution in [3.63, 3.8) is 0 Å². The number of aryl methyl sites for hydroxylation is 1. The minimum Gasteiger partial charge on any atom is -0.367 e. The Kier molecular flexibility index (Phi) is 4.99. The Hall–Kier alpha value is -2.13. The number of rotatable bonds is 6. The van der Waals surface area contributed by atoms with Crippen molar-refractivity contribution in [2.24, 2.45) is 0 Å². The molecule has 0 bridgehead atoms. The predicted octanol–water partition coefficient (Wildman–Crippen LogP) is 1.45. The van der Waals surface area contributed by atoms with Crippen LogP contribution >= 0.6 is 0 Å². The SMILES string of the molecule is Cc1ccc(NCCNS(=O)(=O)c2ccc(F)cc2F)nn1. The van der Waals surface area contributed by atoms with Gasteiger partial charge in [-0.05, 0) is 31.2 Å². The van der Waals surface area contributed by atoms with Gasteiger partial charge in [-0.15, -0.1) is 5.10 Å². The van der Waals surface area contributed by atoms with E-state index in [0.29, 0.717) is 11.9 Å². The number of nitrogens with zero attached hydrogens (tertiary/aromatic N) is 2.